The first-order chi connectivity index (χ1) is 9.47. The second-order valence-electron chi connectivity index (χ2n) is 4.61. The number of aromatic carboxylic acids is 1. The molecule has 5 heteroatoms. The summed E-state index contributed by atoms with van der Waals surface area (Å²) in [5.74, 6) is -0.740. The second kappa shape index (κ2) is 6.41. The van der Waals surface area contributed by atoms with Crippen LogP contribution in [0.15, 0.2) is 50.8 Å². The third-order valence-corrected chi connectivity index (χ3v) is 4.66. The zero-order chi connectivity index (χ0) is 14.7. The average molecular weight is 352 g/mol. The van der Waals surface area contributed by atoms with Crippen molar-refractivity contribution in [3.8, 4) is 0 Å². The molecule has 0 spiro atoms. The van der Waals surface area contributed by atoms with Gasteiger partial charge < -0.3 is 5.11 Å². The third kappa shape index (κ3) is 3.61. The first kappa shape index (κ1) is 15.1. The number of benzene rings is 1. The Kier molecular flexibility index (Phi) is 4.83. The number of nitrogens with zero attached hydrogens (tertiary/aromatic N) is 1. The number of hydrogen-bond donors (Lipinski definition) is 1. The number of halogens is 1. The predicted octanol–water partition coefficient (Wildman–Crippen LogP) is 4.82. The Bertz CT molecular complexity index is 644. The van der Waals surface area contributed by atoms with Gasteiger partial charge >= 0.3 is 5.97 Å². The molecule has 0 saturated heterocycles. The zero-order valence-electron chi connectivity index (χ0n) is 11.1. The van der Waals surface area contributed by atoms with Crippen molar-refractivity contribution in [3.05, 3.63) is 52.1 Å². The normalized spacial score (nSPS) is 10.8. The van der Waals surface area contributed by atoms with E-state index in [0.717, 1.165) is 15.1 Å². The van der Waals surface area contributed by atoms with Gasteiger partial charge in [0.05, 0.1) is 5.56 Å². The summed E-state index contributed by atoms with van der Waals surface area (Å²) in [7, 11) is 0. The fourth-order valence-corrected chi connectivity index (χ4v) is 3.04. The van der Waals surface area contributed by atoms with E-state index < -0.39 is 5.97 Å². The Labute approximate surface area is 130 Å². The van der Waals surface area contributed by atoms with E-state index in [4.69, 9.17) is 0 Å². The van der Waals surface area contributed by atoms with E-state index in [1.165, 1.54) is 11.8 Å². The topological polar surface area (TPSA) is 50.2 Å². The molecule has 104 valence electrons. The Morgan fingerprint density at radius 3 is 2.60 bits per heavy atom. The molecule has 1 aromatic heterocycles. The lowest BCUT2D eigenvalue weighted by molar-refractivity contribution is 0.0696. The molecule has 0 atom stereocenters. The van der Waals surface area contributed by atoms with Crippen molar-refractivity contribution in [2.75, 3.05) is 0 Å². The average Bonchev–Trinajstić information content (AvgIpc) is 2.41. The molecule has 0 bridgehead atoms. The van der Waals surface area contributed by atoms with Crippen LogP contribution in [0.3, 0.4) is 0 Å². The van der Waals surface area contributed by atoms with Crippen molar-refractivity contribution in [3.63, 3.8) is 0 Å². The number of carboxylic acid groups (broad SMARTS) is 1. The molecule has 3 nitrogen and oxygen atoms in total. The van der Waals surface area contributed by atoms with Crippen molar-refractivity contribution < 1.29 is 9.90 Å². The van der Waals surface area contributed by atoms with Gasteiger partial charge in [0, 0.05) is 15.1 Å². The highest BCUT2D eigenvalue weighted by Crippen LogP contribution is 2.33. The van der Waals surface area contributed by atoms with E-state index in [-0.39, 0.29) is 11.5 Å². The predicted molar refractivity (Wildman–Crippen MR) is 83.6 cm³/mol. The molecule has 0 aliphatic rings. The van der Waals surface area contributed by atoms with Crippen LogP contribution in [-0.2, 0) is 0 Å². The van der Waals surface area contributed by atoms with Crippen LogP contribution < -0.4 is 0 Å². The largest absolute Gasteiger partial charge is 0.478 e. The molecule has 0 aliphatic heterocycles. The quantitative estimate of drug-likeness (QED) is 0.857. The van der Waals surface area contributed by atoms with Gasteiger partial charge in [0.15, 0.2) is 0 Å². The van der Waals surface area contributed by atoms with Crippen LogP contribution in [0.25, 0.3) is 0 Å². The first-order valence-corrected chi connectivity index (χ1v) is 7.76. The summed E-state index contributed by atoms with van der Waals surface area (Å²) < 4.78 is 0.971. The van der Waals surface area contributed by atoms with Gasteiger partial charge in [-0.05, 0) is 46.1 Å². The molecule has 1 heterocycles. The van der Waals surface area contributed by atoms with Gasteiger partial charge in [-0.25, -0.2) is 9.78 Å². The Hall–Kier alpha value is -1.33. The van der Waals surface area contributed by atoms with Crippen molar-refractivity contribution >= 4 is 33.7 Å². The van der Waals surface area contributed by atoms with E-state index in [1.807, 2.05) is 38.1 Å². The van der Waals surface area contributed by atoms with Crippen molar-refractivity contribution in [2.45, 2.75) is 29.7 Å². The van der Waals surface area contributed by atoms with Crippen molar-refractivity contribution in [1.82, 2.24) is 4.98 Å². The molecule has 1 N–H and O–H groups in total. The highest BCUT2D eigenvalue weighted by Gasteiger charge is 2.12. The van der Waals surface area contributed by atoms with Crippen molar-refractivity contribution in [1.29, 1.82) is 0 Å². The molecule has 2 rings (SSSR count). The summed E-state index contributed by atoms with van der Waals surface area (Å²) in [6.45, 7) is 4.00. The molecule has 0 aliphatic carbocycles. The summed E-state index contributed by atoms with van der Waals surface area (Å²) in [6, 6.07) is 11.0. The number of aromatic nitrogens is 1. The molecule has 0 fully saturated rings. The van der Waals surface area contributed by atoms with Gasteiger partial charge in [-0.15, -0.1) is 0 Å². The van der Waals surface area contributed by atoms with Crippen LogP contribution in [0.5, 0.6) is 0 Å². The molecule has 0 radical (unpaired) electrons. The second-order valence-corrected chi connectivity index (χ2v) is 6.53. The molecule has 2 aromatic rings. The van der Waals surface area contributed by atoms with Crippen LogP contribution >= 0.6 is 27.7 Å². The number of carbonyl (C=O) groups is 1. The number of hydrogen-bond acceptors (Lipinski definition) is 3. The van der Waals surface area contributed by atoms with Crippen LogP contribution in [-0.4, -0.2) is 16.1 Å². The van der Waals surface area contributed by atoms with Gasteiger partial charge in [0.1, 0.15) is 5.03 Å². The fourth-order valence-electron chi connectivity index (χ4n) is 1.64. The monoisotopic (exact) mass is 351 g/mol. The molecule has 0 amide bonds. The Balaban J connectivity index is 2.41. The van der Waals surface area contributed by atoms with Crippen LogP contribution in [0.2, 0.25) is 0 Å². The van der Waals surface area contributed by atoms with Gasteiger partial charge in [0.25, 0.3) is 0 Å². The highest BCUT2D eigenvalue weighted by atomic mass is 79.9. The summed E-state index contributed by atoms with van der Waals surface area (Å²) in [5.41, 5.74) is 1.07. The maximum absolute atomic E-state index is 11.2. The Morgan fingerprint density at radius 2 is 2.00 bits per heavy atom. The fraction of sp³-hybridized carbons (Fsp3) is 0.200. The highest BCUT2D eigenvalue weighted by molar-refractivity contribution is 9.10. The molecular weight excluding hydrogens is 338 g/mol. The van der Waals surface area contributed by atoms with E-state index >= 15 is 0 Å². The molecule has 0 unspecified atom stereocenters. The molecule has 20 heavy (non-hydrogen) atoms. The minimum atomic E-state index is -0.928. The maximum atomic E-state index is 11.2. The van der Waals surface area contributed by atoms with Gasteiger partial charge in [-0.1, -0.05) is 37.7 Å². The summed E-state index contributed by atoms with van der Waals surface area (Å²) in [4.78, 5) is 16.7. The zero-order valence-corrected chi connectivity index (χ0v) is 13.5. The van der Waals surface area contributed by atoms with E-state index in [9.17, 15) is 9.90 Å². The van der Waals surface area contributed by atoms with Gasteiger partial charge in [-0.3, -0.25) is 0 Å². The Morgan fingerprint density at radius 1 is 1.30 bits per heavy atom. The maximum Gasteiger partial charge on any atom is 0.335 e. The molecule has 1 aromatic carbocycles. The van der Waals surface area contributed by atoms with Crippen LogP contribution in [0.1, 0.15) is 35.8 Å². The standard InChI is InChI=1S/C15H14BrNO2S/c1-9(2)12-7-10(15(18)19)8-14(17-12)20-13-6-4-3-5-11(13)16/h3-9H,1-2H3,(H,18,19). The SMILES string of the molecule is CC(C)c1cc(C(=O)O)cc(Sc2ccccc2Br)n1. The molecular formula is C15H14BrNO2S. The number of pyridine rings is 1. The van der Waals surface area contributed by atoms with E-state index in [2.05, 4.69) is 20.9 Å². The first-order valence-electron chi connectivity index (χ1n) is 6.15. The van der Waals surface area contributed by atoms with Crippen LogP contribution in [0, 0.1) is 0 Å². The number of carboxylic acids is 1. The van der Waals surface area contributed by atoms with Crippen LogP contribution in [0.4, 0.5) is 0 Å². The van der Waals surface area contributed by atoms with E-state index in [0.29, 0.717) is 5.03 Å². The summed E-state index contributed by atoms with van der Waals surface area (Å²) in [6.07, 6.45) is 0. The smallest absolute Gasteiger partial charge is 0.335 e. The molecule has 0 saturated carbocycles. The summed E-state index contributed by atoms with van der Waals surface area (Å²) >= 11 is 4.94. The van der Waals surface area contributed by atoms with Gasteiger partial charge in [-0.2, -0.15) is 0 Å². The van der Waals surface area contributed by atoms with E-state index in [1.54, 1.807) is 12.1 Å². The summed E-state index contributed by atoms with van der Waals surface area (Å²) in [5, 5.41) is 9.88. The number of rotatable bonds is 4. The lowest BCUT2D eigenvalue weighted by Gasteiger charge is -2.09. The third-order valence-electron chi connectivity index (χ3n) is 2.71. The van der Waals surface area contributed by atoms with Crippen molar-refractivity contribution in [2.24, 2.45) is 0 Å². The minimum absolute atomic E-state index is 0.188. The lowest BCUT2D eigenvalue weighted by Crippen LogP contribution is -2.02. The van der Waals surface area contributed by atoms with Gasteiger partial charge in [0.2, 0.25) is 0 Å². The minimum Gasteiger partial charge on any atom is -0.478 e. The lowest BCUT2D eigenvalue weighted by atomic mass is 10.1.